The number of rotatable bonds is 4. The van der Waals surface area contributed by atoms with Crippen molar-refractivity contribution in [2.75, 3.05) is 12.4 Å². The van der Waals surface area contributed by atoms with Crippen molar-refractivity contribution in [2.24, 2.45) is 7.05 Å². The Bertz CT molecular complexity index is 1120. The zero-order valence-corrected chi connectivity index (χ0v) is 16.5. The Kier molecular flexibility index (Phi) is 4.07. The number of benzene rings is 1. The largest absolute Gasteiger partial charge is 0.497 e. The van der Waals surface area contributed by atoms with E-state index in [1.54, 1.807) is 11.8 Å². The molecule has 0 saturated carbocycles. The van der Waals surface area contributed by atoms with Crippen molar-refractivity contribution in [3.8, 4) is 5.75 Å². The van der Waals surface area contributed by atoms with Gasteiger partial charge in [-0.25, -0.2) is 14.6 Å². The minimum absolute atomic E-state index is 0.0846. The van der Waals surface area contributed by atoms with E-state index >= 15 is 0 Å². The van der Waals surface area contributed by atoms with Crippen molar-refractivity contribution in [1.82, 2.24) is 19.7 Å². The maximum atomic E-state index is 6.09. The lowest BCUT2D eigenvalue weighted by Gasteiger charge is -2.13. The Morgan fingerprint density at radius 1 is 1.31 bits per heavy atom. The Morgan fingerprint density at radius 2 is 2.12 bits per heavy atom. The molecule has 26 heavy (non-hydrogen) atoms. The number of aryl methyl sites for hydroxylation is 2. The Hall–Kier alpha value is -2.61. The second kappa shape index (κ2) is 6.28. The summed E-state index contributed by atoms with van der Waals surface area (Å²) < 4.78 is 13.8. The van der Waals surface area contributed by atoms with Gasteiger partial charge in [0.05, 0.1) is 18.5 Å². The Labute approximate surface area is 158 Å². The molecule has 1 aromatic carbocycles. The first-order chi connectivity index (χ1) is 12.5. The van der Waals surface area contributed by atoms with Gasteiger partial charge < -0.3 is 14.5 Å². The first kappa shape index (κ1) is 16.8. The fourth-order valence-electron chi connectivity index (χ4n) is 3.18. The number of methoxy groups -OCH3 is 1. The summed E-state index contributed by atoms with van der Waals surface area (Å²) in [6.07, 6.45) is 1.53. The summed E-state index contributed by atoms with van der Waals surface area (Å²) in [4.78, 5) is 8.69. The quantitative estimate of drug-likeness (QED) is 0.533. The molecular weight excluding hydrogens is 398 g/mol. The number of furan rings is 1. The van der Waals surface area contributed by atoms with E-state index in [9.17, 15) is 0 Å². The molecule has 8 heteroatoms. The molecule has 0 saturated heterocycles. The lowest BCUT2D eigenvalue weighted by molar-refractivity contribution is 0.415. The number of nitrogens with one attached hydrogen (secondary N) is 1. The molecule has 0 amide bonds. The number of anilines is 1. The Morgan fingerprint density at radius 3 is 2.88 bits per heavy atom. The molecule has 1 atom stereocenters. The smallest absolute Gasteiger partial charge is 0.164 e. The van der Waals surface area contributed by atoms with Crippen LogP contribution in [0.5, 0.6) is 5.75 Å². The Balaban J connectivity index is 1.74. The van der Waals surface area contributed by atoms with Gasteiger partial charge in [-0.3, -0.25) is 0 Å². The van der Waals surface area contributed by atoms with Gasteiger partial charge in [0.25, 0.3) is 0 Å². The normalized spacial score (nSPS) is 12.7. The molecule has 7 nitrogen and oxygen atoms in total. The van der Waals surface area contributed by atoms with Crippen LogP contribution in [0.3, 0.4) is 0 Å². The summed E-state index contributed by atoms with van der Waals surface area (Å²) >= 11 is 3.48. The highest BCUT2D eigenvalue weighted by Gasteiger charge is 2.20. The van der Waals surface area contributed by atoms with Gasteiger partial charge in [-0.15, -0.1) is 0 Å². The highest BCUT2D eigenvalue weighted by atomic mass is 79.9. The van der Waals surface area contributed by atoms with Gasteiger partial charge in [0.1, 0.15) is 33.8 Å². The van der Waals surface area contributed by atoms with Crippen LogP contribution in [0.25, 0.3) is 22.0 Å². The fraction of sp³-hybridized carbons (Fsp3) is 0.278. The average Bonchev–Trinajstić information content (AvgIpc) is 3.12. The lowest BCUT2D eigenvalue weighted by atomic mass is 10.1. The van der Waals surface area contributed by atoms with Gasteiger partial charge in [-0.05, 0) is 48.0 Å². The van der Waals surface area contributed by atoms with E-state index < -0.39 is 0 Å². The fourth-order valence-corrected chi connectivity index (χ4v) is 3.78. The predicted octanol–water partition coefficient (Wildman–Crippen LogP) is 4.36. The zero-order valence-electron chi connectivity index (χ0n) is 14.9. The van der Waals surface area contributed by atoms with E-state index in [1.165, 1.54) is 6.33 Å². The maximum Gasteiger partial charge on any atom is 0.164 e. The first-order valence-electron chi connectivity index (χ1n) is 8.16. The molecule has 0 spiro atoms. The monoisotopic (exact) mass is 415 g/mol. The number of fused-ring (bicyclic) bond motifs is 2. The second-order valence-electron chi connectivity index (χ2n) is 6.15. The van der Waals surface area contributed by atoms with Crippen LogP contribution in [-0.2, 0) is 7.05 Å². The highest BCUT2D eigenvalue weighted by molar-refractivity contribution is 9.10. The van der Waals surface area contributed by atoms with Crippen molar-refractivity contribution >= 4 is 43.8 Å². The number of ether oxygens (including phenoxy) is 1. The number of hydrogen-bond donors (Lipinski definition) is 1. The molecule has 3 aromatic heterocycles. The SMILES string of the molecule is COc1ccc2oc(C(C)Nc3ncnc4c3c(Br)nn4C)c(C)c2c1. The van der Waals surface area contributed by atoms with Crippen LogP contribution >= 0.6 is 15.9 Å². The van der Waals surface area contributed by atoms with Crippen LogP contribution in [0.15, 0.2) is 33.5 Å². The van der Waals surface area contributed by atoms with E-state index in [-0.39, 0.29) is 6.04 Å². The molecule has 1 unspecified atom stereocenters. The molecular formula is C18H18BrN5O2. The topological polar surface area (TPSA) is 78.0 Å². The molecule has 0 bridgehead atoms. The first-order valence-corrected chi connectivity index (χ1v) is 8.95. The van der Waals surface area contributed by atoms with E-state index in [1.807, 2.05) is 39.1 Å². The van der Waals surface area contributed by atoms with Crippen LogP contribution in [0.2, 0.25) is 0 Å². The molecule has 0 radical (unpaired) electrons. The summed E-state index contributed by atoms with van der Waals surface area (Å²) in [5.74, 6) is 2.38. The highest BCUT2D eigenvalue weighted by Crippen LogP contribution is 2.34. The molecule has 1 N–H and O–H groups in total. The summed E-state index contributed by atoms with van der Waals surface area (Å²) in [6.45, 7) is 4.09. The lowest BCUT2D eigenvalue weighted by Crippen LogP contribution is -2.09. The molecule has 0 fully saturated rings. The summed E-state index contributed by atoms with van der Waals surface area (Å²) in [6, 6.07) is 5.73. The molecule has 0 aliphatic carbocycles. The average molecular weight is 416 g/mol. The van der Waals surface area contributed by atoms with Crippen LogP contribution in [0.4, 0.5) is 5.82 Å². The molecule has 134 valence electrons. The van der Waals surface area contributed by atoms with Gasteiger partial charge in [-0.1, -0.05) is 0 Å². The van der Waals surface area contributed by atoms with E-state index in [4.69, 9.17) is 9.15 Å². The van der Waals surface area contributed by atoms with E-state index in [0.717, 1.165) is 39.1 Å². The minimum atomic E-state index is -0.0846. The number of aromatic nitrogens is 4. The van der Waals surface area contributed by atoms with Crippen LogP contribution < -0.4 is 10.1 Å². The van der Waals surface area contributed by atoms with Crippen molar-refractivity contribution in [3.05, 3.63) is 40.5 Å². The van der Waals surface area contributed by atoms with Gasteiger partial charge >= 0.3 is 0 Å². The van der Waals surface area contributed by atoms with Gasteiger partial charge in [0.15, 0.2) is 5.65 Å². The summed E-state index contributed by atoms with van der Waals surface area (Å²) in [5.41, 5.74) is 2.67. The van der Waals surface area contributed by atoms with Crippen molar-refractivity contribution in [3.63, 3.8) is 0 Å². The van der Waals surface area contributed by atoms with Crippen LogP contribution in [0, 0.1) is 6.92 Å². The number of halogens is 1. The van der Waals surface area contributed by atoms with Crippen LogP contribution in [-0.4, -0.2) is 26.9 Å². The standard InChI is InChI=1S/C18H18BrN5O2/c1-9-12-7-11(25-4)5-6-13(12)26-15(9)10(2)22-17-14-16(19)23-24(3)18(14)21-8-20-17/h5-8,10H,1-4H3,(H,20,21,22). The summed E-state index contributed by atoms with van der Waals surface area (Å²) in [7, 11) is 3.51. The summed E-state index contributed by atoms with van der Waals surface area (Å²) in [5, 5.41) is 9.67. The van der Waals surface area contributed by atoms with E-state index in [2.05, 4.69) is 36.3 Å². The number of hydrogen-bond acceptors (Lipinski definition) is 6. The second-order valence-corrected chi connectivity index (χ2v) is 6.91. The molecule has 0 aliphatic rings. The van der Waals surface area contributed by atoms with Crippen molar-refractivity contribution < 1.29 is 9.15 Å². The number of nitrogens with zero attached hydrogens (tertiary/aromatic N) is 4. The molecule has 3 heterocycles. The van der Waals surface area contributed by atoms with E-state index in [0.29, 0.717) is 10.4 Å². The third-order valence-corrected chi connectivity index (χ3v) is 5.06. The zero-order chi connectivity index (χ0) is 18.4. The van der Waals surface area contributed by atoms with Crippen molar-refractivity contribution in [1.29, 1.82) is 0 Å². The van der Waals surface area contributed by atoms with Gasteiger partial charge in [0, 0.05) is 18.0 Å². The third kappa shape index (κ3) is 2.61. The van der Waals surface area contributed by atoms with Crippen LogP contribution in [0.1, 0.15) is 24.3 Å². The molecule has 4 aromatic rings. The third-order valence-electron chi connectivity index (χ3n) is 4.50. The molecule has 4 rings (SSSR count). The van der Waals surface area contributed by atoms with Crippen molar-refractivity contribution in [2.45, 2.75) is 19.9 Å². The molecule has 0 aliphatic heterocycles. The maximum absolute atomic E-state index is 6.09. The van der Waals surface area contributed by atoms with Gasteiger partial charge in [-0.2, -0.15) is 5.10 Å². The van der Waals surface area contributed by atoms with Gasteiger partial charge in [0.2, 0.25) is 0 Å². The predicted molar refractivity (Wildman–Crippen MR) is 104 cm³/mol. The minimum Gasteiger partial charge on any atom is -0.497 e.